The van der Waals surface area contributed by atoms with Crippen LogP contribution in [-0.4, -0.2) is 29.9 Å². The third-order valence-corrected chi connectivity index (χ3v) is 5.34. The molecule has 0 fully saturated rings. The summed E-state index contributed by atoms with van der Waals surface area (Å²) in [4.78, 5) is 21.5. The molecule has 0 aliphatic carbocycles. The van der Waals surface area contributed by atoms with E-state index in [0.717, 1.165) is 32.4 Å². The molecule has 5 aromatic rings. The van der Waals surface area contributed by atoms with Gasteiger partial charge < -0.3 is 4.40 Å². The highest BCUT2D eigenvalue weighted by atomic mass is 79.9. The van der Waals surface area contributed by atoms with E-state index in [4.69, 9.17) is 0 Å². The molecule has 5 rings (SSSR count). The molecule has 142 valence electrons. The Morgan fingerprint density at radius 2 is 1.86 bits per heavy atom. The summed E-state index contributed by atoms with van der Waals surface area (Å²) in [6.45, 7) is 0.554. The Balaban J connectivity index is 1.46. The Labute approximate surface area is 175 Å². The molecule has 0 aliphatic heterocycles. The molecule has 4 aromatic heterocycles. The average Bonchev–Trinajstić information content (AvgIpc) is 3.33. The van der Waals surface area contributed by atoms with Crippen LogP contribution in [0, 0.1) is 0 Å². The van der Waals surface area contributed by atoms with Crippen LogP contribution in [0.15, 0.2) is 77.8 Å². The van der Waals surface area contributed by atoms with E-state index in [0.29, 0.717) is 18.5 Å². The number of carbonyl (C=O) groups excluding carboxylic acids is 1. The molecular weight excluding hydrogens is 430 g/mol. The van der Waals surface area contributed by atoms with E-state index in [-0.39, 0.29) is 5.78 Å². The molecule has 0 saturated carbocycles. The number of nitrogens with zero attached hydrogens (tertiary/aromatic N) is 5. The van der Waals surface area contributed by atoms with E-state index < -0.39 is 0 Å². The second kappa shape index (κ2) is 7.25. The second-order valence-electron chi connectivity index (χ2n) is 6.84. The number of imidazole rings is 1. The summed E-state index contributed by atoms with van der Waals surface area (Å²) >= 11 is 3.51. The molecule has 0 amide bonds. The smallest absolute Gasteiger partial charge is 0.167 e. The van der Waals surface area contributed by atoms with Gasteiger partial charge in [0.2, 0.25) is 0 Å². The number of Topliss-reactive ketones (excluding diaryl/α,β-unsaturated/α-hetero) is 1. The summed E-state index contributed by atoms with van der Waals surface area (Å²) in [7, 11) is 0. The molecule has 0 N–H and O–H groups in total. The highest BCUT2D eigenvalue weighted by Gasteiger charge is 2.12. The van der Waals surface area contributed by atoms with E-state index in [1.807, 2.05) is 70.0 Å². The van der Waals surface area contributed by atoms with Gasteiger partial charge in [-0.05, 0) is 39.7 Å². The van der Waals surface area contributed by atoms with Crippen molar-refractivity contribution >= 4 is 38.4 Å². The number of halogens is 1. The zero-order valence-corrected chi connectivity index (χ0v) is 17.0. The molecule has 0 unspecified atom stereocenters. The monoisotopic (exact) mass is 445 g/mol. The van der Waals surface area contributed by atoms with Crippen molar-refractivity contribution in [2.45, 2.75) is 13.0 Å². The zero-order chi connectivity index (χ0) is 19.8. The van der Waals surface area contributed by atoms with Crippen molar-refractivity contribution in [2.75, 3.05) is 0 Å². The molecule has 7 heteroatoms. The van der Waals surface area contributed by atoms with Gasteiger partial charge >= 0.3 is 0 Å². The topological polar surface area (TPSA) is 65.1 Å². The van der Waals surface area contributed by atoms with E-state index in [1.54, 1.807) is 12.4 Å². The SMILES string of the molecule is O=C(Cc1cnc2cnn(Cc3cnc4ccc(Br)cn34)c2c1)c1ccccc1. The first-order chi connectivity index (χ1) is 14.2. The number of benzene rings is 1. The Bertz CT molecular complexity index is 1340. The Hall–Kier alpha value is -3.32. The zero-order valence-electron chi connectivity index (χ0n) is 15.4. The van der Waals surface area contributed by atoms with Crippen LogP contribution < -0.4 is 0 Å². The van der Waals surface area contributed by atoms with Crippen molar-refractivity contribution in [3.63, 3.8) is 0 Å². The van der Waals surface area contributed by atoms with E-state index >= 15 is 0 Å². The average molecular weight is 446 g/mol. The molecule has 1 aromatic carbocycles. The van der Waals surface area contributed by atoms with Crippen molar-refractivity contribution in [3.05, 3.63) is 94.6 Å². The van der Waals surface area contributed by atoms with Crippen molar-refractivity contribution < 1.29 is 4.79 Å². The van der Waals surface area contributed by atoms with Crippen molar-refractivity contribution in [1.29, 1.82) is 0 Å². The summed E-state index contributed by atoms with van der Waals surface area (Å²) in [5, 5.41) is 4.49. The van der Waals surface area contributed by atoms with Gasteiger partial charge in [-0.3, -0.25) is 14.5 Å². The number of fused-ring (bicyclic) bond motifs is 2. The fourth-order valence-electron chi connectivity index (χ4n) is 3.41. The second-order valence-corrected chi connectivity index (χ2v) is 7.76. The molecule has 0 saturated heterocycles. The van der Waals surface area contributed by atoms with Gasteiger partial charge in [0.15, 0.2) is 5.78 Å². The number of ketones is 1. The minimum absolute atomic E-state index is 0.0736. The number of rotatable bonds is 5. The van der Waals surface area contributed by atoms with Crippen LogP contribution in [0.1, 0.15) is 21.6 Å². The first-order valence-electron chi connectivity index (χ1n) is 9.17. The molecule has 4 heterocycles. The van der Waals surface area contributed by atoms with Crippen molar-refractivity contribution in [1.82, 2.24) is 24.1 Å². The molecule has 29 heavy (non-hydrogen) atoms. The number of aromatic nitrogens is 5. The highest BCUT2D eigenvalue weighted by molar-refractivity contribution is 9.10. The minimum Gasteiger partial charge on any atom is -0.301 e. The van der Waals surface area contributed by atoms with Crippen LogP contribution >= 0.6 is 15.9 Å². The van der Waals surface area contributed by atoms with Crippen LogP contribution in [-0.2, 0) is 13.0 Å². The van der Waals surface area contributed by atoms with Crippen molar-refractivity contribution in [2.24, 2.45) is 0 Å². The fourth-order valence-corrected chi connectivity index (χ4v) is 3.74. The van der Waals surface area contributed by atoms with Gasteiger partial charge in [0.05, 0.1) is 30.1 Å². The summed E-state index contributed by atoms with van der Waals surface area (Å²) in [5.74, 6) is 0.0736. The van der Waals surface area contributed by atoms with Crippen LogP contribution in [0.3, 0.4) is 0 Å². The molecule has 0 bridgehead atoms. The molecular formula is C22H16BrN5O. The Kier molecular flexibility index (Phi) is 4.44. The largest absolute Gasteiger partial charge is 0.301 e. The summed E-state index contributed by atoms with van der Waals surface area (Å²) in [6, 6.07) is 15.2. The maximum Gasteiger partial charge on any atom is 0.167 e. The lowest BCUT2D eigenvalue weighted by atomic mass is 10.0. The molecule has 0 radical (unpaired) electrons. The highest BCUT2D eigenvalue weighted by Crippen LogP contribution is 2.18. The number of hydrogen-bond acceptors (Lipinski definition) is 4. The van der Waals surface area contributed by atoms with Gasteiger partial charge in [-0.1, -0.05) is 30.3 Å². The summed E-state index contributed by atoms with van der Waals surface area (Å²) in [5.41, 5.74) is 5.17. The maximum atomic E-state index is 12.5. The van der Waals surface area contributed by atoms with Gasteiger partial charge in [0.1, 0.15) is 11.2 Å². The van der Waals surface area contributed by atoms with Gasteiger partial charge in [0.25, 0.3) is 0 Å². The summed E-state index contributed by atoms with van der Waals surface area (Å²) < 4.78 is 4.91. The molecule has 0 atom stereocenters. The van der Waals surface area contributed by atoms with Gasteiger partial charge in [-0.2, -0.15) is 5.10 Å². The third-order valence-electron chi connectivity index (χ3n) is 4.87. The quantitative estimate of drug-likeness (QED) is 0.378. The first kappa shape index (κ1) is 17.8. The molecule has 0 aliphatic rings. The van der Waals surface area contributed by atoms with Gasteiger partial charge in [-0.25, -0.2) is 4.98 Å². The van der Waals surface area contributed by atoms with E-state index in [2.05, 4.69) is 31.0 Å². The van der Waals surface area contributed by atoms with Gasteiger partial charge in [0, 0.05) is 28.9 Å². The Morgan fingerprint density at radius 1 is 1.00 bits per heavy atom. The first-order valence-corrected chi connectivity index (χ1v) is 9.97. The number of pyridine rings is 2. The number of hydrogen-bond donors (Lipinski definition) is 0. The Morgan fingerprint density at radius 3 is 2.72 bits per heavy atom. The van der Waals surface area contributed by atoms with E-state index in [9.17, 15) is 4.79 Å². The maximum absolute atomic E-state index is 12.5. The van der Waals surface area contributed by atoms with Crippen LogP contribution in [0.5, 0.6) is 0 Å². The molecule has 6 nitrogen and oxygen atoms in total. The van der Waals surface area contributed by atoms with Crippen molar-refractivity contribution in [3.8, 4) is 0 Å². The standard InChI is InChI=1S/C22H16BrN5O/c23-17-6-7-22-25-11-18(27(22)13-17)14-28-20-8-15(10-24-19(20)12-26-28)9-21(29)16-4-2-1-3-5-16/h1-8,10-13H,9,14H2. The minimum atomic E-state index is 0.0736. The van der Waals surface area contributed by atoms with E-state index in [1.165, 1.54) is 0 Å². The predicted molar refractivity (Wildman–Crippen MR) is 114 cm³/mol. The lowest BCUT2D eigenvalue weighted by molar-refractivity contribution is 0.0993. The van der Waals surface area contributed by atoms with Gasteiger partial charge in [-0.15, -0.1) is 0 Å². The molecule has 0 spiro atoms. The normalized spacial score (nSPS) is 11.3. The van der Waals surface area contributed by atoms with Crippen LogP contribution in [0.25, 0.3) is 16.7 Å². The fraction of sp³-hybridized carbons (Fsp3) is 0.0909. The number of carbonyl (C=O) groups is 1. The lowest BCUT2D eigenvalue weighted by Crippen LogP contribution is -2.06. The van der Waals surface area contributed by atoms with Crippen LogP contribution in [0.4, 0.5) is 0 Å². The lowest BCUT2D eigenvalue weighted by Gasteiger charge is -2.06. The summed E-state index contributed by atoms with van der Waals surface area (Å²) in [6.07, 6.45) is 7.65. The third kappa shape index (κ3) is 3.45. The predicted octanol–water partition coefficient (Wildman–Crippen LogP) is 4.32. The van der Waals surface area contributed by atoms with Crippen LogP contribution in [0.2, 0.25) is 0 Å².